The third-order valence-corrected chi connectivity index (χ3v) is 2.62. The van der Waals surface area contributed by atoms with Crippen LogP contribution in [0.25, 0.3) is 0 Å². The second-order valence-electron chi connectivity index (χ2n) is 2.65. The Bertz CT molecular complexity index is 251. The summed E-state index contributed by atoms with van der Waals surface area (Å²) in [5, 5.41) is 2.06. The fourth-order valence-electron chi connectivity index (χ4n) is 1.08. The third-order valence-electron chi connectivity index (χ3n) is 1.66. The van der Waals surface area contributed by atoms with Crippen LogP contribution in [0.15, 0.2) is 42.8 Å². The van der Waals surface area contributed by atoms with Crippen molar-refractivity contribution in [1.29, 1.82) is 0 Å². The second kappa shape index (κ2) is 5.73. The standard InChI is InChI=1S/C11H14OS/c1-3-6-10(12-8-4-2)11-7-5-9-13-11/h3-5,7,9-10H,1-2,6,8H2. The molecule has 0 saturated carbocycles. The van der Waals surface area contributed by atoms with Gasteiger partial charge in [-0.15, -0.1) is 24.5 Å². The van der Waals surface area contributed by atoms with Gasteiger partial charge in [0.05, 0.1) is 12.7 Å². The van der Waals surface area contributed by atoms with Crippen molar-refractivity contribution >= 4 is 11.3 Å². The first-order valence-electron chi connectivity index (χ1n) is 4.25. The molecule has 1 aromatic rings. The molecule has 0 amide bonds. The quantitative estimate of drug-likeness (QED) is 0.629. The van der Waals surface area contributed by atoms with E-state index < -0.39 is 0 Å². The molecule has 1 aromatic heterocycles. The highest BCUT2D eigenvalue weighted by Crippen LogP contribution is 2.25. The average molecular weight is 194 g/mol. The monoisotopic (exact) mass is 194 g/mol. The number of hydrogen-bond donors (Lipinski definition) is 0. The lowest BCUT2D eigenvalue weighted by Gasteiger charge is -2.12. The van der Waals surface area contributed by atoms with Gasteiger partial charge in [-0.2, -0.15) is 0 Å². The largest absolute Gasteiger partial charge is 0.368 e. The van der Waals surface area contributed by atoms with Crippen molar-refractivity contribution in [3.8, 4) is 0 Å². The molecule has 1 rings (SSSR count). The summed E-state index contributed by atoms with van der Waals surface area (Å²) < 4.78 is 5.60. The highest BCUT2D eigenvalue weighted by atomic mass is 32.1. The number of hydrogen-bond acceptors (Lipinski definition) is 2. The summed E-state index contributed by atoms with van der Waals surface area (Å²) in [6, 6.07) is 4.12. The maximum absolute atomic E-state index is 5.60. The minimum Gasteiger partial charge on any atom is -0.368 e. The molecule has 0 bridgehead atoms. The Morgan fingerprint density at radius 1 is 1.46 bits per heavy atom. The van der Waals surface area contributed by atoms with Gasteiger partial charge in [0.15, 0.2) is 0 Å². The molecule has 0 aliphatic heterocycles. The Kier molecular flexibility index (Phi) is 4.50. The number of thiophene rings is 1. The van der Waals surface area contributed by atoms with Gasteiger partial charge in [0.1, 0.15) is 0 Å². The molecule has 0 aromatic carbocycles. The van der Waals surface area contributed by atoms with Crippen molar-refractivity contribution in [3.05, 3.63) is 47.7 Å². The molecule has 0 N–H and O–H groups in total. The normalized spacial score (nSPS) is 12.3. The zero-order valence-electron chi connectivity index (χ0n) is 7.61. The molecule has 1 atom stereocenters. The van der Waals surface area contributed by atoms with E-state index in [2.05, 4.69) is 24.6 Å². The molecule has 0 fully saturated rings. The van der Waals surface area contributed by atoms with Crippen molar-refractivity contribution in [2.24, 2.45) is 0 Å². The van der Waals surface area contributed by atoms with E-state index in [1.54, 1.807) is 17.4 Å². The topological polar surface area (TPSA) is 9.23 Å². The van der Waals surface area contributed by atoms with Crippen molar-refractivity contribution < 1.29 is 4.74 Å². The van der Waals surface area contributed by atoms with E-state index in [0.29, 0.717) is 6.61 Å². The second-order valence-corrected chi connectivity index (χ2v) is 3.63. The summed E-state index contributed by atoms with van der Waals surface area (Å²) in [7, 11) is 0. The number of rotatable bonds is 6. The molecule has 0 spiro atoms. The van der Waals surface area contributed by atoms with Gasteiger partial charge in [-0.1, -0.05) is 18.2 Å². The Labute approximate surface area is 83.4 Å². The van der Waals surface area contributed by atoms with Crippen LogP contribution in [0, 0.1) is 0 Å². The molecule has 1 heterocycles. The van der Waals surface area contributed by atoms with Crippen LogP contribution in [0.4, 0.5) is 0 Å². The van der Waals surface area contributed by atoms with E-state index in [4.69, 9.17) is 4.74 Å². The third kappa shape index (κ3) is 3.17. The van der Waals surface area contributed by atoms with Gasteiger partial charge in [-0.25, -0.2) is 0 Å². The Hall–Kier alpha value is -0.860. The van der Waals surface area contributed by atoms with Gasteiger partial charge >= 0.3 is 0 Å². The van der Waals surface area contributed by atoms with E-state index in [1.165, 1.54) is 4.88 Å². The summed E-state index contributed by atoms with van der Waals surface area (Å²) in [6.07, 6.45) is 4.65. The first-order chi connectivity index (χ1) is 6.38. The predicted molar refractivity (Wildman–Crippen MR) is 58.0 cm³/mol. The zero-order chi connectivity index (χ0) is 9.52. The maximum atomic E-state index is 5.60. The van der Waals surface area contributed by atoms with Crippen LogP contribution in [0.1, 0.15) is 17.4 Å². The molecular formula is C11H14OS. The summed E-state index contributed by atoms with van der Waals surface area (Å²) in [4.78, 5) is 1.25. The van der Waals surface area contributed by atoms with E-state index >= 15 is 0 Å². The molecule has 0 saturated heterocycles. The Morgan fingerprint density at radius 2 is 2.31 bits per heavy atom. The lowest BCUT2D eigenvalue weighted by atomic mass is 10.2. The highest BCUT2D eigenvalue weighted by Gasteiger charge is 2.09. The molecular weight excluding hydrogens is 180 g/mol. The van der Waals surface area contributed by atoms with Crippen molar-refractivity contribution in [1.82, 2.24) is 0 Å². The maximum Gasteiger partial charge on any atom is 0.0955 e. The molecule has 0 aliphatic rings. The fraction of sp³-hybridized carbons (Fsp3) is 0.273. The first kappa shape index (κ1) is 10.2. The molecule has 70 valence electrons. The van der Waals surface area contributed by atoms with E-state index in [1.807, 2.05) is 12.1 Å². The van der Waals surface area contributed by atoms with Gasteiger partial charge in [-0.3, -0.25) is 0 Å². The molecule has 1 unspecified atom stereocenters. The van der Waals surface area contributed by atoms with Crippen molar-refractivity contribution in [2.45, 2.75) is 12.5 Å². The molecule has 1 nitrogen and oxygen atoms in total. The van der Waals surface area contributed by atoms with Gasteiger partial charge in [-0.05, 0) is 17.9 Å². The minimum atomic E-state index is 0.149. The van der Waals surface area contributed by atoms with Crippen LogP contribution in [-0.4, -0.2) is 6.61 Å². The van der Waals surface area contributed by atoms with Gasteiger partial charge in [0.25, 0.3) is 0 Å². The van der Waals surface area contributed by atoms with Crippen LogP contribution in [0.5, 0.6) is 0 Å². The zero-order valence-corrected chi connectivity index (χ0v) is 8.43. The summed E-state index contributed by atoms with van der Waals surface area (Å²) in [5.74, 6) is 0. The predicted octanol–water partition coefficient (Wildman–Crippen LogP) is 3.57. The van der Waals surface area contributed by atoms with Crippen LogP contribution in [-0.2, 0) is 4.74 Å². The van der Waals surface area contributed by atoms with Crippen LogP contribution in [0.2, 0.25) is 0 Å². The van der Waals surface area contributed by atoms with E-state index in [-0.39, 0.29) is 6.10 Å². The van der Waals surface area contributed by atoms with E-state index in [0.717, 1.165) is 6.42 Å². The summed E-state index contributed by atoms with van der Waals surface area (Å²) >= 11 is 1.71. The molecule has 0 aliphatic carbocycles. The summed E-state index contributed by atoms with van der Waals surface area (Å²) in [5.41, 5.74) is 0. The average Bonchev–Trinajstić information content (AvgIpc) is 2.65. The Balaban J connectivity index is 2.56. The summed E-state index contributed by atoms with van der Waals surface area (Å²) in [6.45, 7) is 7.94. The first-order valence-corrected chi connectivity index (χ1v) is 5.13. The van der Waals surface area contributed by atoms with Gasteiger partial charge in [0, 0.05) is 4.88 Å². The van der Waals surface area contributed by atoms with Crippen LogP contribution >= 0.6 is 11.3 Å². The fourth-order valence-corrected chi connectivity index (χ4v) is 1.86. The molecule has 13 heavy (non-hydrogen) atoms. The van der Waals surface area contributed by atoms with Crippen molar-refractivity contribution in [2.75, 3.05) is 6.61 Å². The smallest absolute Gasteiger partial charge is 0.0955 e. The van der Waals surface area contributed by atoms with Crippen molar-refractivity contribution in [3.63, 3.8) is 0 Å². The SMILES string of the molecule is C=CCOC(CC=C)c1cccs1. The van der Waals surface area contributed by atoms with Gasteiger partial charge in [0.2, 0.25) is 0 Å². The molecule has 2 heteroatoms. The highest BCUT2D eigenvalue weighted by molar-refractivity contribution is 7.10. The minimum absolute atomic E-state index is 0.149. The number of ether oxygens (including phenoxy) is 1. The Morgan fingerprint density at radius 3 is 2.85 bits per heavy atom. The molecule has 0 radical (unpaired) electrons. The van der Waals surface area contributed by atoms with E-state index in [9.17, 15) is 0 Å². The lowest BCUT2D eigenvalue weighted by molar-refractivity contribution is 0.0793. The van der Waals surface area contributed by atoms with Crippen LogP contribution < -0.4 is 0 Å². The van der Waals surface area contributed by atoms with Crippen LogP contribution in [0.3, 0.4) is 0 Å². The lowest BCUT2D eigenvalue weighted by Crippen LogP contribution is -2.01. The van der Waals surface area contributed by atoms with Gasteiger partial charge < -0.3 is 4.74 Å².